The van der Waals surface area contributed by atoms with E-state index in [0.29, 0.717) is 42.1 Å². The lowest BCUT2D eigenvalue weighted by Crippen LogP contribution is -2.52. The molecule has 3 aliphatic rings. The molecule has 0 bridgehead atoms. The number of carbonyl (C=O) groups is 2. The van der Waals surface area contributed by atoms with Crippen molar-refractivity contribution < 1.29 is 69.9 Å². The fourth-order valence-corrected chi connectivity index (χ4v) is 9.89. The summed E-state index contributed by atoms with van der Waals surface area (Å²) in [7, 11) is -6.18. The number of ether oxygens (including phenoxy) is 7. The summed E-state index contributed by atoms with van der Waals surface area (Å²) < 4.78 is 90.9. The van der Waals surface area contributed by atoms with Gasteiger partial charge in [-0.25, -0.2) is 18.0 Å². The highest BCUT2D eigenvalue weighted by Gasteiger charge is 2.44. The Balaban J connectivity index is 1.19. The largest absolute Gasteiger partial charge is 0.497 e. The smallest absolute Gasteiger partial charge is 0.407 e. The Morgan fingerprint density at radius 1 is 1.05 bits per heavy atom. The molecule has 0 aromatic heterocycles. The minimum absolute atomic E-state index is 0.0434. The molecule has 2 aromatic carbocycles. The number of β-amino-alcohol motifs (C(OH)–C–C–N with tert-alkyl or cyclic N) is 1. The lowest BCUT2D eigenvalue weighted by atomic mass is 9.99. The molecule has 17 nitrogen and oxygen atoms in total. The molecule has 19 heteroatoms. The van der Waals surface area contributed by atoms with E-state index in [1.807, 2.05) is 13.8 Å². The molecule has 0 spiro atoms. The third-order valence-corrected chi connectivity index (χ3v) is 13.3. The number of methoxy groups -OCH3 is 1. The van der Waals surface area contributed by atoms with Crippen LogP contribution in [-0.2, 0) is 58.5 Å². The normalized spacial score (nSPS) is 23.4. The monoisotopic (exact) mass is 842 g/mol. The molecule has 2 aromatic rings. The molecular weight excluding hydrogens is 787 g/mol. The maximum Gasteiger partial charge on any atom is 0.407 e. The van der Waals surface area contributed by atoms with Gasteiger partial charge in [0.2, 0.25) is 10.0 Å². The minimum Gasteiger partial charge on any atom is -0.497 e. The van der Waals surface area contributed by atoms with Gasteiger partial charge in [-0.05, 0) is 73.6 Å². The van der Waals surface area contributed by atoms with Crippen LogP contribution in [0.3, 0.4) is 0 Å². The Morgan fingerprint density at radius 2 is 1.82 bits per heavy atom. The number of nitrogens with one attached hydrogen (secondary N) is 1. The van der Waals surface area contributed by atoms with Crippen LogP contribution in [0, 0.1) is 5.92 Å². The molecular formula is C38H55N2O15PS. The van der Waals surface area contributed by atoms with Gasteiger partial charge in [-0.1, -0.05) is 32.4 Å². The van der Waals surface area contributed by atoms with E-state index in [4.69, 9.17) is 42.2 Å². The number of fused-ring (bicyclic) bond motifs is 2. The van der Waals surface area contributed by atoms with Gasteiger partial charge in [-0.3, -0.25) is 9.09 Å². The van der Waals surface area contributed by atoms with Gasteiger partial charge in [0.25, 0.3) is 0 Å². The molecule has 1 amide bonds. The Bertz CT molecular complexity index is 1780. The van der Waals surface area contributed by atoms with Crippen molar-refractivity contribution in [3.63, 3.8) is 0 Å². The summed E-state index contributed by atoms with van der Waals surface area (Å²) in [5, 5.41) is 14.4. The number of aliphatic hydroxyl groups excluding tert-OH is 1. The first kappa shape index (κ1) is 44.8. The minimum atomic E-state index is -3.97. The van der Waals surface area contributed by atoms with Crippen LogP contribution in [0.4, 0.5) is 4.79 Å². The van der Waals surface area contributed by atoms with Gasteiger partial charge in [0, 0.05) is 13.1 Å². The van der Waals surface area contributed by atoms with E-state index in [1.54, 1.807) is 43.3 Å². The zero-order valence-electron chi connectivity index (χ0n) is 32.9. The summed E-state index contributed by atoms with van der Waals surface area (Å²) in [5.74, 6) is 0.107. The van der Waals surface area contributed by atoms with Crippen LogP contribution in [0.5, 0.6) is 11.5 Å². The van der Waals surface area contributed by atoms with Crippen molar-refractivity contribution in [3.05, 3.63) is 53.6 Å². The zero-order valence-corrected chi connectivity index (χ0v) is 34.6. The quantitative estimate of drug-likeness (QED) is 0.0969. The van der Waals surface area contributed by atoms with Gasteiger partial charge < -0.3 is 48.1 Å². The van der Waals surface area contributed by atoms with Crippen molar-refractivity contribution in [3.8, 4) is 11.5 Å². The summed E-state index contributed by atoms with van der Waals surface area (Å²) in [6.07, 6.45) is -1.12. The highest BCUT2D eigenvalue weighted by atomic mass is 32.2. The van der Waals surface area contributed by atoms with Crippen LogP contribution >= 0.6 is 7.60 Å². The zero-order chi connectivity index (χ0) is 41.0. The number of nitrogens with zero attached hydrogens (tertiary/aromatic N) is 1. The molecule has 3 aliphatic heterocycles. The first-order chi connectivity index (χ1) is 27.3. The van der Waals surface area contributed by atoms with Gasteiger partial charge in [0.1, 0.15) is 30.6 Å². The number of benzene rings is 2. The average molecular weight is 843 g/mol. The van der Waals surface area contributed by atoms with Crippen molar-refractivity contribution in [2.24, 2.45) is 5.92 Å². The van der Waals surface area contributed by atoms with Gasteiger partial charge in [0.05, 0.1) is 63.1 Å². The summed E-state index contributed by atoms with van der Waals surface area (Å²) >= 11 is 0. The lowest BCUT2D eigenvalue weighted by Gasteiger charge is -2.35. The Morgan fingerprint density at radius 3 is 2.56 bits per heavy atom. The number of aliphatic hydroxyl groups is 1. The summed E-state index contributed by atoms with van der Waals surface area (Å²) in [6.45, 7) is 6.02. The summed E-state index contributed by atoms with van der Waals surface area (Å²) in [4.78, 5) is 25.1. The Labute approximate surface area is 334 Å². The number of alkyl carbamates (subject to hydrolysis) is 1. The maximum atomic E-state index is 13.7. The predicted octanol–water partition coefficient (Wildman–Crippen LogP) is 4.21. The maximum absolute atomic E-state index is 13.7. The number of hydrogen-bond acceptors (Lipinski definition) is 15. The van der Waals surface area contributed by atoms with Crippen LogP contribution in [-0.4, -0.2) is 127 Å². The van der Waals surface area contributed by atoms with Gasteiger partial charge in [-0.2, -0.15) is 4.31 Å². The van der Waals surface area contributed by atoms with Gasteiger partial charge in [0.15, 0.2) is 12.9 Å². The molecule has 0 saturated carbocycles. The highest BCUT2D eigenvalue weighted by Crippen LogP contribution is 2.48. The number of carbonyl (C=O) groups excluding carboxylic acids is 2. The molecule has 2 saturated heterocycles. The standard InChI is InChI=1S/C38H55N2O15PS/c1-5-7-15-53-56(44,54-24-36(42)49-6-2)25-48-17-18-50-28-10-8-27(9-11-28)19-32(39-38(43)55-34-23-52-37-30(34)14-16-51-37)33(41)22-40-21-26(3)31-20-29(47-4)12-13-35(31)57(40,45)46/h8-13,20,26,30,32-34,37,41H,5-7,14-19,21-25H2,1-4H3,(H,39,43)/t26?,30-,32-,33+,34-,37+,56?/m0/s1. The molecule has 3 heterocycles. The lowest BCUT2D eigenvalue weighted by molar-refractivity contribution is -0.145. The second-order valence-electron chi connectivity index (χ2n) is 14.0. The van der Waals surface area contributed by atoms with Gasteiger partial charge >= 0.3 is 19.7 Å². The number of hydrogen-bond donors (Lipinski definition) is 2. The number of rotatable bonds is 22. The molecule has 2 unspecified atom stereocenters. The second-order valence-corrected chi connectivity index (χ2v) is 17.9. The van der Waals surface area contributed by atoms with E-state index in [2.05, 4.69) is 5.32 Å². The molecule has 5 rings (SSSR count). The van der Waals surface area contributed by atoms with Crippen LogP contribution in [0.25, 0.3) is 0 Å². The SMILES string of the molecule is CCCCOP(=O)(COCCOc1ccc(C[C@H](NC(=O)O[C@H]2CO[C@H]3OCC[C@H]32)[C@H](O)CN2CC(C)c3cc(OC)ccc3S2(=O)=O)cc1)OCC(=O)OCC. The predicted molar refractivity (Wildman–Crippen MR) is 205 cm³/mol. The van der Waals surface area contributed by atoms with E-state index in [0.717, 1.165) is 6.42 Å². The molecule has 0 aliphatic carbocycles. The third kappa shape index (κ3) is 12.3. The van der Waals surface area contributed by atoms with E-state index in [-0.39, 0.29) is 75.6 Å². The molecule has 57 heavy (non-hydrogen) atoms. The number of unbranched alkanes of at least 4 members (excludes halogenated alkanes) is 1. The fraction of sp³-hybridized carbons (Fsp3) is 0.632. The Hall–Kier alpha value is -3.32. The van der Waals surface area contributed by atoms with E-state index < -0.39 is 60.8 Å². The van der Waals surface area contributed by atoms with Crippen molar-refractivity contribution in [2.45, 2.75) is 81.8 Å². The van der Waals surface area contributed by atoms with E-state index in [1.165, 1.54) is 17.5 Å². The van der Waals surface area contributed by atoms with Crippen LogP contribution in [0.15, 0.2) is 47.4 Å². The van der Waals surface area contributed by atoms with Crippen molar-refractivity contribution in [2.75, 3.05) is 72.8 Å². The molecule has 2 fully saturated rings. The van der Waals surface area contributed by atoms with Crippen molar-refractivity contribution >= 4 is 29.7 Å². The number of esters is 1. The van der Waals surface area contributed by atoms with E-state index in [9.17, 15) is 27.7 Å². The van der Waals surface area contributed by atoms with Crippen LogP contribution in [0.2, 0.25) is 0 Å². The first-order valence-electron chi connectivity index (χ1n) is 19.3. The van der Waals surface area contributed by atoms with Crippen LogP contribution < -0.4 is 14.8 Å². The average Bonchev–Trinajstić information content (AvgIpc) is 3.82. The fourth-order valence-electron chi connectivity index (χ4n) is 6.76. The Kier molecular flexibility index (Phi) is 16.6. The van der Waals surface area contributed by atoms with Crippen molar-refractivity contribution in [1.82, 2.24) is 9.62 Å². The van der Waals surface area contributed by atoms with Crippen LogP contribution in [0.1, 0.15) is 57.1 Å². The van der Waals surface area contributed by atoms with Gasteiger partial charge in [-0.15, -0.1) is 0 Å². The number of amides is 1. The highest BCUT2D eigenvalue weighted by molar-refractivity contribution is 7.89. The molecule has 2 N–H and O–H groups in total. The summed E-state index contributed by atoms with van der Waals surface area (Å²) in [5.41, 5.74) is 1.35. The van der Waals surface area contributed by atoms with Crippen molar-refractivity contribution in [1.29, 1.82) is 0 Å². The topological polar surface area (TPSA) is 204 Å². The first-order valence-corrected chi connectivity index (χ1v) is 22.4. The molecule has 7 atom stereocenters. The second kappa shape index (κ2) is 21.1. The molecule has 0 radical (unpaired) electrons. The van der Waals surface area contributed by atoms with E-state index >= 15 is 0 Å². The number of sulfonamides is 1. The summed E-state index contributed by atoms with van der Waals surface area (Å²) in [6, 6.07) is 10.8. The third-order valence-electron chi connectivity index (χ3n) is 9.84. The molecule has 318 valence electrons.